The van der Waals surface area contributed by atoms with Gasteiger partial charge in [0.15, 0.2) is 5.92 Å². The Hall–Kier alpha value is -1.88. The van der Waals surface area contributed by atoms with Crippen LogP contribution < -0.4 is 0 Å². The molecule has 1 unspecified atom stereocenters. The SMILES string of the molecule is O=C(O)C1C[C@@H](COCc2ccccc2)OC1=O. The third-order valence-electron chi connectivity index (χ3n) is 2.78. The van der Waals surface area contributed by atoms with Crippen molar-refractivity contribution in [2.75, 3.05) is 6.61 Å². The van der Waals surface area contributed by atoms with Crippen LogP contribution in [0.2, 0.25) is 0 Å². The predicted molar refractivity (Wildman–Crippen MR) is 61.7 cm³/mol. The largest absolute Gasteiger partial charge is 0.481 e. The molecule has 1 aliphatic heterocycles. The van der Waals surface area contributed by atoms with Crippen LogP contribution in [0.15, 0.2) is 30.3 Å². The lowest BCUT2D eigenvalue weighted by Gasteiger charge is -2.09. The molecule has 1 N–H and O–H groups in total. The Bertz CT molecular complexity index is 428. The first-order valence-electron chi connectivity index (χ1n) is 5.72. The summed E-state index contributed by atoms with van der Waals surface area (Å²) >= 11 is 0. The number of rotatable bonds is 5. The van der Waals surface area contributed by atoms with E-state index < -0.39 is 24.0 Å². The maximum absolute atomic E-state index is 11.2. The van der Waals surface area contributed by atoms with Gasteiger partial charge in [-0.15, -0.1) is 0 Å². The van der Waals surface area contributed by atoms with Gasteiger partial charge in [0, 0.05) is 6.42 Å². The highest BCUT2D eigenvalue weighted by molar-refractivity contribution is 5.95. The van der Waals surface area contributed by atoms with Crippen molar-refractivity contribution in [2.45, 2.75) is 19.1 Å². The summed E-state index contributed by atoms with van der Waals surface area (Å²) in [5, 5.41) is 8.76. The van der Waals surface area contributed by atoms with Gasteiger partial charge in [-0.2, -0.15) is 0 Å². The Balaban J connectivity index is 1.76. The van der Waals surface area contributed by atoms with Gasteiger partial charge in [-0.25, -0.2) is 0 Å². The van der Waals surface area contributed by atoms with Gasteiger partial charge < -0.3 is 14.6 Å². The van der Waals surface area contributed by atoms with Crippen molar-refractivity contribution in [2.24, 2.45) is 5.92 Å². The molecule has 1 fully saturated rings. The van der Waals surface area contributed by atoms with Crippen molar-refractivity contribution < 1.29 is 24.2 Å². The van der Waals surface area contributed by atoms with Gasteiger partial charge in [-0.05, 0) is 5.56 Å². The van der Waals surface area contributed by atoms with E-state index in [1.54, 1.807) is 0 Å². The highest BCUT2D eigenvalue weighted by Gasteiger charge is 2.39. The Morgan fingerprint density at radius 1 is 1.39 bits per heavy atom. The number of carbonyl (C=O) groups is 2. The topological polar surface area (TPSA) is 72.8 Å². The number of esters is 1. The second-order valence-electron chi connectivity index (χ2n) is 4.19. The van der Waals surface area contributed by atoms with E-state index in [4.69, 9.17) is 14.6 Å². The van der Waals surface area contributed by atoms with Crippen molar-refractivity contribution in [1.82, 2.24) is 0 Å². The third-order valence-corrected chi connectivity index (χ3v) is 2.78. The molecule has 0 amide bonds. The van der Waals surface area contributed by atoms with Gasteiger partial charge in [-0.1, -0.05) is 30.3 Å². The molecule has 18 heavy (non-hydrogen) atoms. The van der Waals surface area contributed by atoms with Crippen LogP contribution in [0.4, 0.5) is 0 Å². The lowest BCUT2D eigenvalue weighted by atomic mass is 10.1. The van der Waals surface area contributed by atoms with Crippen molar-refractivity contribution >= 4 is 11.9 Å². The minimum absolute atomic E-state index is 0.183. The maximum Gasteiger partial charge on any atom is 0.320 e. The maximum atomic E-state index is 11.2. The van der Waals surface area contributed by atoms with Crippen molar-refractivity contribution in [3.05, 3.63) is 35.9 Å². The van der Waals surface area contributed by atoms with Gasteiger partial charge in [-0.3, -0.25) is 9.59 Å². The first kappa shape index (κ1) is 12.6. The van der Waals surface area contributed by atoms with Crippen LogP contribution in [0.5, 0.6) is 0 Å². The number of aliphatic carboxylic acids is 1. The zero-order chi connectivity index (χ0) is 13.0. The summed E-state index contributed by atoms with van der Waals surface area (Å²) in [6.07, 6.45) is -0.273. The molecule has 2 rings (SSSR count). The fourth-order valence-corrected chi connectivity index (χ4v) is 1.84. The average Bonchev–Trinajstić information content (AvgIpc) is 2.72. The molecule has 0 radical (unpaired) electrons. The van der Waals surface area contributed by atoms with Crippen LogP contribution >= 0.6 is 0 Å². The van der Waals surface area contributed by atoms with Gasteiger partial charge in [0.05, 0.1) is 13.2 Å². The molecule has 0 aromatic heterocycles. The second-order valence-corrected chi connectivity index (χ2v) is 4.19. The molecular formula is C13H14O5. The van der Waals surface area contributed by atoms with E-state index in [1.165, 1.54) is 0 Å². The summed E-state index contributed by atoms with van der Waals surface area (Å²) in [7, 11) is 0. The number of benzene rings is 1. The Morgan fingerprint density at radius 2 is 2.11 bits per heavy atom. The van der Waals surface area contributed by atoms with Crippen LogP contribution in [0.1, 0.15) is 12.0 Å². The number of carboxylic acid groups (broad SMARTS) is 1. The molecule has 0 bridgehead atoms. The summed E-state index contributed by atoms with van der Waals surface area (Å²) in [5.74, 6) is -2.85. The minimum Gasteiger partial charge on any atom is -0.481 e. The highest BCUT2D eigenvalue weighted by atomic mass is 16.6. The number of cyclic esters (lactones) is 1. The van der Waals surface area contributed by atoms with Crippen molar-refractivity contribution in [3.8, 4) is 0 Å². The lowest BCUT2D eigenvalue weighted by Crippen LogP contribution is -2.18. The second kappa shape index (κ2) is 5.64. The molecule has 1 saturated heterocycles. The number of carboxylic acids is 1. The number of hydrogen-bond acceptors (Lipinski definition) is 4. The van der Waals surface area contributed by atoms with E-state index in [1.807, 2.05) is 30.3 Å². The summed E-state index contributed by atoms with van der Waals surface area (Å²) in [4.78, 5) is 21.9. The Kier molecular flexibility index (Phi) is 3.94. The quantitative estimate of drug-likeness (QED) is 0.628. The zero-order valence-electron chi connectivity index (χ0n) is 9.74. The van der Waals surface area contributed by atoms with Gasteiger partial charge in [0.2, 0.25) is 0 Å². The fourth-order valence-electron chi connectivity index (χ4n) is 1.84. The van der Waals surface area contributed by atoms with Crippen LogP contribution in [0.25, 0.3) is 0 Å². The van der Waals surface area contributed by atoms with E-state index in [9.17, 15) is 9.59 Å². The summed E-state index contributed by atoms with van der Waals surface area (Å²) in [6, 6.07) is 9.60. The highest BCUT2D eigenvalue weighted by Crippen LogP contribution is 2.21. The number of hydrogen-bond donors (Lipinski definition) is 1. The van der Waals surface area contributed by atoms with Gasteiger partial charge >= 0.3 is 11.9 Å². The lowest BCUT2D eigenvalue weighted by molar-refractivity contribution is -0.153. The molecule has 2 atom stereocenters. The summed E-state index contributed by atoms with van der Waals surface area (Å²) in [5.41, 5.74) is 1.02. The van der Waals surface area contributed by atoms with Gasteiger partial charge in [0.25, 0.3) is 0 Å². The molecule has 1 aromatic carbocycles. The van der Waals surface area contributed by atoms with E-state index in [-0.39, 0.29) is 13.0 Å². The van der Waals surface area contributed by atoms with Crippen LogP contribution in [0.3, 0.4) is 0 Å². The van der Waals surface area contributed by atoms with E-state index in [0.717, 1.165) is 5.56 Å². The molecule has 0 spiro atoms. The molecular weight excluding hydrogens is 236 g/mol. The molecule has 1 aromatic rings. The molecule has 1 heterocycles. The third kappa shape index (κ3) is 3.07. The Morgan fingerprint density at radius 3 is 2.72 bits per heavy atom. The molecule has 0 aliphatic carbocycles. The zero-order valence-corrected chi connectivity index (χ0v) is 9.74. The fraction of sp³-hybridized carbons (Fsp3) is 0.385. The van der Waals surface area contributed by atoms with Gasteiger partial charge in [0.1, 0.15) is 6.10 Å². The van der Waals surface area contributed by atoms with Crippen LogP contribution in [-0.2, 0) is 25.7 Å². The molecule has 5 heteroatoms. The van der Waals surface area contributed by atoms with E-state index in [0.29, 0.717) is 6.61 Å². The molecule has 5 nitrogen and oxygen atoms in total. The first-order chi connectivity index (χ1) is 8.66. The standard InChI is InChI=1S/C13H14O5/c14-12(15)11-6-10(18-13(11)16)8-17-7-9-4-2-1-3-5-9/h1-5,10-11H,6-8H2,(H,14,15)/t10-,11?/m0/s1. The van der Waals surface area contributed by atoms with Crippen LogP contribution in [0, 0.1) is 5.92 Å². The normalized spacial score (nSPS) is 22.8. The predicted octanol–water partition coefficient (Wildman–Crippen LogP) is 1.22. The summed E-state index contributed by atoms with van der Waals surface area (Å²) in [6.45, 7) is 0.650. The molecule has 0 saturated carbocycles. The van der Waals surface area contributed by atoms with Crippen molar-refractivity contribution in [3.63, 3.8) is 0 Å². The van der Waals surface area contributed by atoms with Crippen molar-refractivity contribution in [1.29, 1.82) is 0 Å². The number of ether oxygens (including phenoxy) is 2. The monoisotopic (exact) mass is 250 g/mol. The average molecular weight is 250 g/mol. The Labute approximate surface area is 104 Å². The van der Waals surface area contributed by atoms with E-state index in [2.05, 4.69) is 0 Å². The summed E-state index contributed by atoms with van der Waals surface area (Å²) < 4.78 is 10.3. The number of carbonyl (C=O) groups excluding carboxylic acids is 1. The molecule has 1 aliphatic rings. The minimum atomic E-state index is -1.13. The van der Waals surface area contributed by atoms with E-state index >= 15 is 0 Å². The first-order valence-corrected chi connectivity index (χ1v) is 5.72. The van der Waals surface area contributed by atoms with Crippen LogP contribution in [-0.4, -0.2) is 29.8 Å². The smallest absolute Gasteiger partial charge is 0.320 e. The molecule has 96 valence electrons.